The molecule has 4 heteroatoms. The lowest BCUT2D eigenvalue weighted by Gasteiger charge is -2.14. The molecule has 0 radical (unpaired) electrons. The van der Waals surface area contributed by atoms with Crippen LogP contribution in [0.2, 0.25) is 0 Å². The van der Waals surface area contributed by atoms with Gasteiger partial charge >= 0.3 is 0 Å². The van der Waals surface area contributed by atoms with Crippen LogP contribution in [0.1, 0.15) is 40.0 Å². The molecule has 0 saturated carbocycles. The molecule has 0 aromatic rings. The van der Waals surface area contributed by atoms with Crippen LogP contribution in [0.5, 0.6) is 0 Å². The first kappa shape index (κ1) is 15.4. The van der Waals surface area contributed by atoms with E-state index in [4.69, 9.17) is 20.5 Å². The molecule has 0 amide bonds. The van der Waals surface area contributed by atoms with Crippen LogP contribution in [0.3, 0.4) is 0 Å². The fourth-order valence-electron chi connectivity index (χ4n) is 1.20. The molecule has 0 heterocycles. The normalized spacial score (nSPS) is 14.8. The summed E-state index contributed by atoms with van der Waals surface area (Å²) in [6.07, 6.45) is 2.84. The summed E-state index contributed by atoms with van der Waals surface area (Å²) in [4.78, 5) is 0. The van der Waals surface area contributed by atoms with Crippen LogP contribution in [0.25, 0.3) is 0 Å². The highest BCUT2D eigenvalue weighted by atomic mass is 16.5. The quantitative estimate of drug-likeness (QED) is 0.611. The highest BCUT2D eigenvalue weighted by Crippen LogP contribution is 2.08. The van der Waals surface area contributed by atoms with Crippen LogP contribution >= 0.6 is 0 Å². The summed E-state index contributed by atoms with van der Waals surface area (Å²) >= 11 is 0. The molecule has 0 rings (SSSR count). The van der Waals surface area contributed by atoms with Gasteiger partial charge in [0, 0.05) is 6.61 Å². The number of nitriles is 1. The maximum atomic E-state index is 8.70. The minimum atomic E-state index is -0.694. The largest absolute Gasteiger partial charge is 0.379 e. The summed E-state index contributed by atoms with van der Waals surface area (Å²) in [6.45, 7) is 7.75. The van der Waals surface area contributed by atoms with E-state index >= 15 is 0 Å². The molecule has 2 N–H and O–H groups in total. The van der Waals surface area contributed by atoms with Gasteiger partial charge in [0.25, 0.3) is 0 Å². The number of nitrogens with zero attached hydrogens (tertiary/aromatic N) is 1. The lowest BCUT2D eigenvalue weighted by molar-refractivity contribution is 0.0185. The van der Waals surface area contributed by atoms with Gasteiger partial charge in [0.15, 0.2) is 0 Å². The van der Waals surface area contributed by atoms with Crippen molar-refractivity contribution in [3.8, 4) is 6.07 Å². The van der Waals surface area contributed by atoms with Crippen LogP contribution in [0, 0.1) is 11.3 Å². The topological polar surface area (TPSA) is 68.3 Å². The number of unbranched alkanes of at least 4 members (excludes halogenated alkanes) is 1. The molecule has 0 spiro atoms. The summed E-state index contributed by atoms with van der Waals surface area (Å²) in [5, 5.41) is 8.70. The van der Waals surface area contributed by atoms with E-state index in [2.05, 4.69) is 6.07 Å². The minimum absolute atomic E-state index is 0.261. The predicted octanol–water partition coefficient (Wildman–Crippen LogP) is 1.84. The van der Waals surface area contributed by atoms with Crippen LogP contribution in [0.15, 0.2) is 0 Å². The zero-order chi connectivity index (χ0) is 12.4. The second-order valence-electron chi connectivity index (χ2n) is 4.52. The fourth-order valence-corrected chi connectivity index (χ4v) is 1.20. The summed E-state index contributed by atoms with van der Waals surface area (Å²) in [5.41, 5.74) is 5.00. The lowest BCUT2D eigenvalue weighted by atomic mass is 9.98. The average Bonchev–Trinajstić information content (AvgIpc) is 2.21. The third-order valence-corrected chi connectivity index (χ3v) is 2.17. The molecule has 0 aliphatic carbocycles. The molecular formula is C12H24N2O2. The Morgan fingerprint density at radius 3 is 2.50 bits per heavy atom. The highest BCUT2D eigenvalue weighted by molar-refractivity contribution is 5.00. The number of hydrogen-bond acceptors (Lipinski definition) is 4. The van der Waals surface area contributed by atoms with Gasteiger partial charge in [-0.2, -0.15) is 5.26 Å². The first-order valence-corrected chi connectivity index (χ1v) is 5.87. The number of nitrogens with two attached hydrogens (primary N) is 1. The van der Waals surface area contributed by atoms with E-state index in [0.717, 1.165) is 19.3 Å². The molecule has 1 atom stereocenters. The van der Waals surface area contributed by atoms with Crippen LogP contribution in [-0.2, 0) is 9.47 Å². The van der Waals surface area contributed by atoms with Gasteiger partial charge in [0.05, 0.1) is 25.4 Å². The van der Waals surface area contributed by atoms with Crippen LogP contribution < -0.4 is 5.73 Å². The molecule has 1 unspecified atom stereocenters. The summed E-state index contributed by atoms with van der Waals surface area (Å²) in [7, 11) is 0. The first-order chi connectivity index (χ1) is 7.48. The minimum Gasteiger partial charge on any atom is -0.379 e. The number of ether oxygens (including phenoxy) is 2. The van der Waals surface area contributed by atoms with Crippen molar-refractivity contribution in [3.63, 3.8) is 0 Å². The van der Waals surface area contributed by atoms with Crippen molar-refractivity contribution in [2.24, 2.45) is 5.73 Å². The van der Waals surface area contributed by atoms with E-state index in [9.17, 15) is 0 Å². The zero-order valence-electron chi connectivity index (χ0n) is 10.7. The SMILES string of the molecule is CC(C)OCCOCCCCC(C)(N)C#N. The molecular weight excluding hydrogens is 204 g/mol. The number of rotatable bonds is 9. The Morgan fingerprint density at radius 2 is 1.94 bits per heavy atom. The highest BCUT2D eigenvalue weighted by Gasteiger charge is 2.15. The van der Waals surface area contributed by atoms with Crippen molar-refractivity contribution >= 4 is 0 Å². The maximum absolute atomic E-state index is 8.70. The van der Waals surface area contributed by atoms with Crippen molar-refractivity contribution in [1.29, 1.82) is 5.26 Å². The van der Waals surface area contributed by atoms with E-state index in [1.54, 1.807) is 6.92 Å². The van der Waals surface area contributed by atoms with Crippen molar-refractivity contribution < 1.29 is 9.47 Å². The number of hydrogen-bond donors (Lipinski definition) is 1. The van der Waals surface area contributed by atoms with E-state index in [-0.39, 0.29) is 6.10 Å². The Balaban J connectivity index is 3.20. The molecule has 0 aliphatic heterocycles. The van der Waals surface area contributed by atoms with Gasteiger partial charge in [0.1, 0.15) is 5.54 Å². The molecule has 0 bridgehead atoms. The summed E-state index contributed by atoms with van der Waals surface area (Å²) in [5.74, 6) is 0. The third kappa shape index (κ3) is 9.91. The zero-order valence-corrected chi connectivity index (χ0v) is 10.7. The van der Waals surface area contributed by atoms with Crippen LogP contribution in [0.4, 0.5) is 0 Å². The monoisotopic (exact) mass is 228 g/mol. The van der Waals surface area contributed by atoms with E-state index in [1.807, 2.05) is 13.8 Å². The van der Waals surface area contributed by atoms with Gasteiger partial charge in [-0.15, -0.1) is 0 Å². The third-order valence-electron chi connectivity index (χ3n) is 2.17. The Hall–Kier alpha value is -0.630. The van der Waals surface area contributed by atoms with Gasteiger partial charge in [-0.1, -0.05) is 0 Å². The van der Waals surface area contributed by atoms with Crippen molar-refractivity contribution in [2.45, 2.75) is 51.7 Å². The Kier molecular flexibility index (Phi) is 8.18. The Bertz CT molecular complexity index is 210. The molecule has 0 aromatic heterocycles. The second-order valence-corrected chi connectivity index (χ2v) is 4.52. The maximum Gasteiger partial charge on any atom is 0.101 e. The standard InChI is InChI=1S/C12H24N2O2/c1-11(2)16-9-8-15-7-5-4-6-12(3,14)10-13/h11H,4-9,14H2,1-3H3. The summed E-state index contributed by atoms with van der Waals surface area (Å²) < 4.78 is 10.7. The van der Waals surface area contributed by atoms with Gasteiger partial charge in [-0.25, -0.2) is 0 Å². The first-order valence-electron chi connectivity index (χ1n) is 5.87. The Labute approximate surface area is 98.7 Å². The molecule has 94 valence electrons. The van der Waals surface area contributed by atoms with E-state index in [0.29, 0.717) is 19.8 Å². The van der Waals surface area contributed by atoms with Gasteiger partial charge in [-0.05, 0) is 40.0 Å². The predicted molar refractivity (Wildman–Crippen MR) is 64.0 cm³/mol. The van der Waals surface area contributed by atoms with Crippen molar-refractivity contribution in [1.82, 2.24) is 0 Å². The van der Waals surface area contributed by atoms with Crippen molar-refractivity contribution in [3.05, 3.63) is 0 Å². The summed E-state index contributed by atoms with van der Waals surface area (Å²) in [6, 6.07) is 2.08. The van der Waals surface area contributed by atoms with E-state index in [1.165, 1.54) is 0 Å². The molecule has 0 fully saturated rings. The van der Waals surface area contributed by atoms with Crippen molar-refractivity contribution in [2.75, 3.05) is 19.8 Å². The van der Waals surface area contributed by atoms with Gasteiger partial charge in [0.2, 0.25) is 0 Å². The Morgan fingerprint density at radius 1 is 1.25 bits per heavy atom. The second kappa shape index (κ2) is 8.51. The molecule has 16 heavy (non-hydrogen) atoms. The van der Waals surface area contributed by atoms with Crippen LogP contribution in [-0.4, -0.2) is 31.5 Å². The molecule has 0 aromatic carbocycles. The van der Waals surface area contributed by atoms with Gasteiger partial charge < -0.3 is 15.2 Å². The average molecular weight is 228 g/mol. The van der Waals surface area contributed by atoms with Gasteiger partial charge in [-0.3, -0.25) is 0 Å². The molecule has 4 nitrogen and oxygen atoms in total. The molecule has 0 aliphatic rings. The smallest absolute Gasteiger partial charge is 0.101 e. The lowest BCUT2D eigenvalue weighted by Crippen LogP contribution is -2.33. The van der Waals surface area contributed by atoms with E-state index < -0.39 is 5.54 Å². The fraction of sp³-hybridized carbons (Fsp3) is 0.917. The molecule has 0 saturated heterocycles.